The smallest absolute Gasteiger partial charge is 0.236 e. The minimum atomic E-state index is 0.156. The van der Waals surface area contributed by atoms with E-state index in [-0.39, 0.29) is 5.91 Å². The highest BCUT2D eigenvalue weighted by atomic mass is 16.2. The molecule has 0 radical (unpaired) electrons. The first-order chi connectivity index (χ1) is 7.68. The van der Waals surface area contributed by atoms with Gasteiger partial charge in [-0.15, -0.1) is 0 Å². The molecule has 0 aliphatic carbocycles. The molecule has 96 valence electrons. The van der Waals surface area contributed by atoms with Gasteiger partial charge in [0.2, 0.25) is 5.91 Å². The van der Waals surface area contributed by atoms with Crippen LogP contribution in [0.3, 0.4) is 0 Å². The minimum Gasteiger partial charge on any atom is -0.348 e. The zero-order valence-corrected chi connectivity index (χ0v) is 11.2. The summed E-state index contributed by atoms with van der Waals surface area (Å²) in [4.78, 5) is 12.8. The number of nitrogens with zero attached hydrogens (tertiary/aromatic N) is 1. The van der Waals surface area contributed by atoms with Crippen LogP contribution in [-0.2, 0) is 4.79 Å². The third-order valence-electron chi connectivity index (χ3n) is 2.73. The molecule has 0 unspecified atom stereocenters. The van der Waals surface area contributed by atoms with Crippen molar-refractivity contribution < 1.29 is 4.79 Å². The molecule has 0 aliphatic rings. The summed E-state index contributed by atoms with van der Waals surface area (Å²) in [6.45, 7) is 3.68. The molecule has 0 aliphatic heterocycles. The summed E-state index contributed by atoms with van der Waals surface area (Å²) in [5.74, 6) is 0.156. The maximum atomic E-state index is 11.2. The van der Waals surface area contributed by atoms with Gasteiger partial charge in [-0.3, -0.25) is 4.79 Å². The van der Waals surface area contributed by atoms with Gasteiger partial charge in [-0.05, 0) is 13.0 Å². The van der Waals surface area contributed by atoms with Crippen LogP contribution in [-0.4, -0.2) is 38.0 Å². The Hall–Kier alpha value is -0.570. The molecule has 1 amide bonds. The van der Waals surface area contributed by atoms with Crippen molar-refractivity contribution in [2.45, 2.75) is 51.9 Å². The van der Waals surface area contributed by atoms with Crippen LogP contribution in [0.25, 0.3) is 0 Å². The molecule has 16 heavy (non-hydrogen) atoms. The van der Waals surface area contributed by atoms with Crippen LogP contribution in [0.1, 0.15) is 51.9 Å². The average molecular weight is 228 g/mol. The van der Waals surface area contributed by atoms with Crippen LogP contribution < -0.4 is 5.32 Å². The molecule has 0 spiro atoms. The van der Waals surface area contributed by atoms with Crippen molar-refractivity contribution in [1.29, 1.82) is 0 Å². The van der Waals surface area contributed by atoms with Crippen LogP contribution in [0, 0.1) is 0 Å². The van der Waals surface area contributed by atoms with Crippen molar-refractivity contribution >= 4 is 5.91 Å². The Morgan fingerprint density at radius 3 is 2.12 bits per heavy atom. The van der Waals surface area contributed by atoms with Crippen molar-refractivity contribution in [3.05, 3.63) is 0 Å². The van der Waals surface area contributed by atoms with Gasteiger partial charge in [0.1, 0.15) is 0 Å². The molecular weight excluding hydrogens is 200 g/mol. The monoisotopic (exact) mass is 228 g/mol. The van der Waals surface area contributed by atoms with E-state index < -0.39 is 0 Å². The van der Waals surface area contributed by atoms with Gasteiger partial charge in [0.15, 0.2) is 0 Å². The highest BCUT2D eigenvalue weighted by molar-refractivity contribution is 5.77. The molecule has 0 aromatic carbocycles. The first-order valence-corrected chi connectivity index (χ1v) is 6.59. The Morgan fingerprint density at radius 1 is 1.00 bits per heavy atom. The second-order valence-corrected chi connectivity index (χ2v) is 4.59. The molecule has 0 aromatic rings. The van der Waals surface area contributed by atoms with Crippen LogP contribution in [0.4, 0.5) is 0 Å². The number of hydrogen-bond donors (Lipinski definition) is 1. The second kappa shape index (κ2) is 10.9. The lowest BCUT2D eigenvalue weighted by Crippen LogP contribution is -2.33. The Balaban J connectivity index is 3.07. The van der Waals surface area contributed by atoms with Gasteiger partial charge in [0.25, 0.3) is 0 Å². The maximum absolute atomic E-state index is 11.2. The van der Waals surface area contributed by atoms with Gasteiger partial charge in [-0.25, -0.2) is 0 Å². The topological polar surface area (TPSA) is 32.3 Å². The summed E-state index contributed by atoms with van der Waals surface area (Å²) >= 11 is 0. The molecular formula is C13H28N2O. The largest absolute Gasteiger partial charge is 0.348 e. The van der Waals surface area contributed by atoms with Crippen LogP contribution in [0.15, 0.2) is 0 Å². The maximum Gasteiger partial charge on any atom is 0.236 e. The predicted molar refractivity (Wildman–Crippen MR) is 69.6 cm³/mol. The zero-order chi connectivity index (χ0) is 12.2. The lowest BCUT2D eigenvalue weighted by molar-refractivity contribution is -0.127. The van der Waals surface area contributed by atoms with E-state index in [1.165, 1.54) is 44.9 Å². The van der Waals surface area contributed by atoms with Gasteiger partial charge >= 0.3 is 0 Å². The van der Waals surface area contributed by atoms with Gasteiger partial charge < -0.3 is 10.2 Å². The Labute approximate surface area is 101 Å². The summed E-state index contributed by atoms with van der Waals surface area (Å²) in [5, 5.41) is 3.18. The fourth-order valence-corrected chi connectivity index (χ4v) is 1.56. The Kier molecular flexibility index (Phi) is 10.5. The van der Waals surface area contributed by atoms with Crippen molar-refractivity contribution in [1.82, 2.24) is 10.2 Å². The average Bonchev–Trinajstić information content (AvgIpc) is 2.26. The fourth-order valence-electron chi connectivity index (χ4n) is 1.56. The molecule has 0 aromatic heterocycles. The van der Waals surface area contributed by atoms with E-state index in [9.17, 15) is 4.79 Å². The molecule has 0 atom stereocenters. The van der Waals surface area contributed by atoms with Crippen LogP contribution in [0.2, 0.25) is 0 Å². The summed E-state index contributed by atoms with van der Waals surface area (Å²) in [5.41, 5.74) is 0. The number of carbonyl (C=O) groups excluding carboxylic acids is 1. The SMILES string of the molecule is CCCCCCCCCNCC(=O)N(C)C. The molecule has 0 saturated heterocycles. The molecule has 0 fully saturated rings. The van der Waals surface area contributed by atoms with E-state index in [2.05, 4.69) is 12.2 Å². The zero-order valence-electron chi connectivity index (χ0n) is 11.2. The summed E-state index contributed by atoms with van der Waals surface area (Å²) in [7, 11) is 3.58. The van der Waals surface area contributed by atoms with Gasteiger partial charge in [-0.2, -0.15) is 0 Å². The number of nitrogens with one attached hydrogen (secondary N) is 1. The van der Waals surface area contributed by atoms with Crippen molar-refractivity contribution in [3.8, 4) is 0 Å². The highest BCUT2D eigenvalue weighted by Gasteiger charge is 2.01. The normalized spacial score (nSPS) is 10.4. The molecule has 0 saturated carbocycles. The van der Waals surface area contributed by atoms with E-state index in [0.29, 0.717) is 6.54 Å². The van der Waals surface area contributed by atoms with Crippen molar-refractivity contribution in [2.24, 2.45) is 0 Å². The first kappa shape index (κ1) is 15.4. The molecule has 3 heteroatoms. The van der Waals surface area contributed by atoms with Crippen LogP contribution in [0.5, 0.6) is 0 Å². The van der Waals surface area contributed by atoms with E-state index >= 15 is 0 Å². The standard InChI is InChI=1S/C13H28N2O/c1-4-5-6-7-8-9-10-11-14-12-13(16)15(2)3/h14H,4-12H2,1-3H3. The highest BCUT2D eigenvalue weighted by Crippen LogP contribution is 2.06. The number of likely N-dealkylation sites (N-methyl/N-ethyl adjacent to an activating group) is 1. The summed E-state index contributed by atoms with van der Waals surface area (Å²) < 4.78 is 0. The van der Waals surface area contributed by atoms with Crippen LogP contribution >= 0.6 is 0 Å². The number of rotatable bonds is 10. The van der Waals surface area contributed by atoms with Gasteiger partial charge in [-0.1, -0.05) is 45.4 Å². The van der Waals surface area contributed by atoms with E-state index in [4.69, 9.17) is 0 Å². The summed E-state index contributed by atoms with van der Waals surface area (Å²) in [6.07, 6.45) is 9.24. The van der Waals surface area contributed by atoms with E-state index in [1.54, 1.807) is 19.0 Å². The fraction of sp³-hybridized carbons (Fsp3) is 0.923. The number of unbranched alkanes of at least 4 members (excludes halogenated alkanes) is 6. The molecule has 0 bridgehead atoms. The Morgan fingerprint density at radius 2 is 1.56 bits per heavy atom. The quantitative estimate of drug-likeness (QED) is 0.582. The number of amides is 1. The van der Waals surface area contributed by atoms with Crippen molar-refractivity contribution in [3.63, 3.8) is 0 Å². The molecule has 3 nitrogen and oxygen atoms in total. The third kappa shape index (κ3) is 9.97. The third-order valence-corrected chi connectivity index (χ3v) is 2.73. The number of hydrogen-bond acceptors (Lipinski definition) is 2. The van der Waals surface area contributed by atoms with Gasteiger partial charge in [0, 0.05) is 14.1 Å². The number of carbonyl (C=O) groups is 1. The molecule has 0 heterocycles. The first-order valence-electron chi connectivity index (χ1n) is 6.59. The minimum absolute atomic E-state index is 0.156. The van der Waals surface area contributed by atoms with E-state index in [1.807, 2.05) is 0 Å². The molecule has 0 rings (SSSR count). The molecule has 1 N–H and O–H groups in total. The second-order valence-electron chi connectivity index (χ2n) is 4.59. The van der Waals surface area contributed by atoms with Crippen molar-refractivity contribution in [2.75, 3.05) is 27.2 Å². The summed E-state index contributed by atoms with van der Waals surface area (Å²) in [6, 6.07) is 0. The van der Waals surface area contributed by atoms with E-state index in [0.717, 1.165) is 6.54 Å². The lowest BCUT2D eigenvalue weighted by Gasteiger charge is -2.10. The predicted octanol–water partition coefficient (Wildman–Crippen LogP) is 2.41. The lowest BCUT2D eigenvalue weighted by atomic mass is 10.1. The van der Waals surface area contributed by atoms with Gasteiger partial charge in [0.05, 0.1) is 6.54 Å². The Bertz CT molecular complexity index is 169.